The van der Waals surface area contributed by atoms with Crippen molar-refractivity contribution in [1.29, 1.82) is 0 Å². The van der Waals surface area contributed by atoms with E-state index >= 15 is 0 Å². The first-order valence-corrected chi connectivity index (χ1v) is 3.44. The van der Waals surface area contributed by atoms with Crippen molar-refractivity contribution in [2.24, 2.45) is 0 Å². The zero-order valence-electron chi connectivity index (χ0n) is 5.55. The Hall–Kier alpha value is -0.110. The molecule has 0 saturated carbocycles. The predicted molar refractivity (Wildman–Crippen MR) is 41.2 cm³/mol. The SMILES string of the molecule is CCCCN(C)C=S. The number of thiocarbonyl (C=S) groups is 1. The fraction of sp³-hybridized carbons (Fsp3) is 0.833. The van der Waals surface area contributed by atoms with Crippen LogP contribution in [0.2, 0.25) is 0 Å². The van der Waals surface area contributed by atoms with Gasteiger partial charge in [0.1, 0.15) is 0 Å². The molecule has 0 aliphatic carbocycles. The lowest BCUT2D eigenvalue weighted by Gasteiger charge is -2.09. The minimum atomic E-state index is 1.10. The third kappa shape index (κ3) is 4.06. The Bertz CT molecular complexity index is 63.5. The molecule has 1 nitrogen and oxygen atoms in total. The largest absolute Gasteiger partial charge is 0.372 e. The molecule has 2 heteroatoms. The summed E-state index contributed by atoms with van der Waals surface area (Å²) in [6.45, 7) is 3.28. The van der Waals surface area contributed by atoms with E-state index in [-0.39, 0.29) is 0 Å². The van der Waals surface area contributed by atoms with E-state index in [0.717, 1.165) is 6.54 Å². The van der Waals surface area contributed by atoms with Gasteiger partial charge in [-0.05, 0) is 6.42 Å². The summed E-state index contributed by atoms with van der Waals surface area (Å²) in [5.74, 6) is 0. The Balaban J connectivity index is 2.98. The van der Waals surface area contributed by atoms with Crippen LogP contribution in [0.4, 0.5) is 0 Å². The van der Waals surface area contributed by atoms with Crippen molar-refractivity contribution >= 4 is 17.7 Å². The van der Waals surface area contributed by atoms with E-state index in [1.807, 2.05) is 11.9 Å². The lowest BCUT2D eigenvalue weighted by molar-refractivity contribution is 0.504. The molecule has 0 rings (SSSR count). The third-order valence-electron chi connectivity index (χ3n) is 1.04. The summed E-state index contributed by atoms with van der Waals surface area (Å²) in [6, 6.07) is 0. The molecule has 0 radical (unpaired) electrons. The zero-order valence-corrected chi connectivity index (χ0v) is 6.37. The molecule has 0 aliphatic rings. The van der Waals surface area contributed by atoms with Crippen molar-refractivity contribution < 1.29 is 0 Å². The van der Waals surface area contributed by atoms with Crippen molar-refractivity contribution in [1.82, 2.24) is 4.90 Å². The van der Waals surface area contributed by atoms with Gasteiger partial charge in [0.2, 0.25) is 0 Å². The van der Waals surface area contributed by atoms with Crippen molar-refractivity contribution in [3.63, 3.8) is 0 Å². The van der Waals surface area contributed by atoms with Crippen molar-refractivity contribution in [3.8, 4) is 0 Å². The molecule has 48 valence electrons. The highest BCUT2D eigenvalue weighted by molar-refractivity contribution is 7.78. The van der Waals surface area contributed by atoms with Gasteiger partial charge < -0.3 is 4.90 Å². The summed E-state index contributed by atoms with van der Waals surface area (Å²) in [4.78, 5) is 2.03. The van der Waals surface area contributed by atoms with Crippen molar-refractivity contribution in [2.45, 2.75) is 19.8 Å². The highest BCUT2D eigenvalue weighted by atomic mass is 32.1. The number of hydrogen-bond acceptors (Lipinski definition) is 1. The summed E-state index contributed by atoms with van der Waals surface area (Å²) in [5, 5.41) is 0. The molecule has 0 fully saturated rings. The minimum Gasteiger partial charge on any atom is -0.372 e. The molecule has 0 aliphatic heterocycles. The van der Waals surface area contributed by atoms with Crippen LogP contribution in [-0.4, -0.2) is 24.0 Å². The summed E-state index contributed by atoms with van der Waals surface area (Å²) in [5.41, 5.74) is 1.69. The van der Waals surface area contributed by atoms with E-state index in [4.69, 9.17) is 0 Å². The molecule has 0 aromatic heterocycles. The van der Waals surface area contributed by atoms with Gasteiger partial charge in [-0.3, -0.25) is 0 Å². The number of unbranched alkanes of at least 4 members (excludes halogenated alkanes) is 1. The molecule has 0 aromatic carbocycles. The first kappa shape index (κ1) is 7.89. The van der Waals surface area contributed by atoms with Gasteiger partial charge in [0.15, 0.2) is 0 Å². The van der Waals surface area contributed by atoms with Crippen LogP contribution in [0.5, 0.6) is 0 Å². The number of nitrogens with zero attached hydrogens (tertiary/aromatic N) is 1. The van der Waals surface area contributed by atoms with Crippen LogP contribution in [0.15, 0.2) is 0 Å². The van der Waals surface area contributed by atoms with E-state index in [9.17, 15) is 0 Å². The molecule has 0 bridgehead atoms. The van der Waals surface area contributed by atoms with E-state index in [0.29, 0.717) is 0 Å². The van der Waals surface area contributed by atoms with Crippen LogP contribution in [0, 0.1) is 0 Å². The molecule has 0 unspecified atom stereocenters. The summed E-state index contributed by atoms with van der Waals surface area (Å²) in [6.07, 6.45) is 2.48. The van der Waals surface area contributed by atoms with Gasteiger partial charge in [0.25, 0.3) is 0 Å². The number of hydrogen-bond donors (Lipinski definition) is 0. The molecule has 0 amide bonds. The molecule has 0 spiro atoms. The first-order valence-electron chi connectivity index (χ1n) is 2.96. The maximum absolute atomic E-state index is 4.69. The Morgan fingerprint density at radius 2 is 2.25 bits per heavy atom. The van der Waals surface area contributed by atoms with E-state index in [1.165, 1.54) is 12.8 Å². The minimum absolute atomic E-state index is 1.10. The third-order valence-corrected chi connectivity index (χ3v) is 1.40. The predicted octanol–water partition coefficient (Wildman–Crippen LogP) is 1.68. The van der Waals surface area contributed by atoms with Gasteiger partial charge in [0, 0.05) is 13.6 Å². The topological polar surface area (TPSA) is 3.24 Å². The molecule has 0 heterocycles. The second kappa shape index (κ2) is 5.04. The molecule has 0 saturated heterocycles. The van der Waals surface area contributed by atoms with Crippen LogP contribution in [0.1, 0.15) is 19.8 Å². The Morgan fingerprint density at radius 1 is 1.62 bits per heavy atom. The molecular weight excluding hydrogens is 118 g/mol. The normalized spacial score (nSPS) is 8.75. The van der Waals surface area contributed by atoms with Crippen LogP contribution < -0.4 is 0 Å². The zero-order chi connectivity index (χ0) is 6.41. The van der Waals surface area contributed by atoms with Gasteiger partial charge in [0.05, 0.1) is 5.49 Å². The average molecular weight is 131 g/mol. The smallest absolute Gasteiger partial charge is 0.0638 e. The summed E-state index contributed by atoms with van der Waals surface area (Å²) < 4.78 is 0. The van der Waals surface area contributed by atoms with Gasteiger partial charge in [-0.15, -0.1) is 0 Å². The second-order valence-corrected chi connectivity index (χ2v) is 2.15. The molecule has 0 atom stereocenters. The monoisotopic (exact) mass is 131 g/mol. The molecule has 0 aromatic rings. The van der Waals surface area contributed by atoms with E-state index in [1.54, 1.807) is 5.49 Å². The van der Waals surface area contributed by atoms with E-state index in [2.05, 4.69) is 19.1 Å². The van der Waals surface area contributed by atoms with Gasteiger partial charge in [-0.25, -0.2) is 0 Å². The van der Waals surface area contributed by atoms with Gasteiger partial charge >= 0.3 is 0 Å². The summed E-state index contributed by atoms with van der Waals surface area (Å²) in [7, 11) is 2.00. The van der Waals surface area contributed by atoms with E-state index < -0.39 is 0 Å². The van der Waals surface area contributed by atoms with Crippen molar-refractivity contribution in [3.05, 3.63) is 0 Å². The Kier molecular flexibility index (Phi) is 4.97. The Morgan fingerprint density at radius 3 is 2.62 bits per heavy atom. The van der Waals surface area contributed by atoms with Crippen LogP contribution in [0.3, 0.4) is 0 Å². The van der Waals surface area contributed by atoms with Crippen LogP contribution >= 0.6 is 12.2 Å². The highest BCUT2D eigenvalue weighted by Crippen LogP contribution is 1.87. The summed E-state index contributed by atoms with van der Waals surface area (Å²) >= 11 is 4.69. The fourth-order valence-corrected chi connectivity index (χ4v) is 0.566. The highest BCUT2D eigenvalue weighted by Gasteiger charge is 1.86. The Labute approximate surface area is 56.7 Å². The lowest BCUT2D eigenvalue weighted by Crippen LogP contribution is -2.15. The van der Waals surface area contributed by atoms with Crippen LogP contribution in [0.25, 0.3) is 0 Å². The van der Waals surface area contributed by atoms with Gasteiger partial charge in [-0.2, -0.15) is 0 Å². The number of rotatable bonds is 4. The molecular formula is C6H13NS. The standard InChI is InChI=1S/C6H13NS/c1-3-4-5-7(2)6-8/h6H,3-5H2,1-2H3. The quantitative estimate of drug-likeness (QED) is 0.534. The second-order valence-electron chi connectivity index (χ2n) is 1.94. The van der Waals surface area contributed by atoms with Gasteiger partial charge in [-0.1, -0.05) is 25.6 Å². The molecule has 8 heavy (non-hydrogen) atoms. The fourth-order valence-electron chi connectivity index (χ4n) is 0.460. The molecule has 0 N–H and O–H groups in total. The average Bonchev–Trinajstić information content (AvgIpc) is 1.83. The maximum atomic E-state index is 4.69. The van der Waals surface area contributed by atoms with Crippen molar-refractivity contribution in [2.75, 3.05) is 13.6 Å². The first-order chi connectivity index (χ1) is 3.81. The van der Waals surface area contributed by atoms with Crippen LogP contribution in [-0.2, 0) is 0 Å². The maximum Gasteiger partial charge on any atom is 0.0638 e. The lowest BCUT2D eigenvalue weighted by atomic mass is 10.3.